The van der Waals surface area contributed by atoms with Gasteiger partial charge in [0.15, 0.2) is 0 Å². The van der Waals surface area contributed by atoms with Crippen LogP contribution in [0, 0.1) is 13.8 Å². The van der Waals surface area contributed by atoms with Crippen LogP contribution in [0.2, 0.25) is 0 Å². The monoisotopic (exact) mass is 313 g/mol. The number of hydrogen-bond donors (Lipinski definition) is 0. The van der Waals surface area contributed by atoms with Crippen molar-refractivity contribution >= 4 is 5.91 Å². The lowest BCUT2D eigenvalue weighted by atomic mass is 10.0. The van der Waals surface area contributed by atoms with Gasteiger partial charge in [-0.3, -0.25) is 9.48 Å². The van der Waals surface area contributed by atoms with Crippen LogP contribution in [0.4, 0.5) is 0 Å². The third-order valence-corrected chi connectivity index (χ3v) is 4.60. The van der Waals surface area contributed by atoms with Gasteiger partial charge in [-0.25, -0.2) is 0 Å². The number of carbonyl (C=O) groups excluding carboxylic acids is 1. The summed E-state index contributed by atoms with van der Waals surface area (Å²) in [6.45, 7) is 8.89. The van der Waals surface area contributed by atoms with E-state index in [0.29, 0.717) is 13.0 Å². The average Bonchev–Trinajstić information content (AvgIpc) is 2.79. The van der Waals surface area contributed by atoms with Crippen molar-refractivity contribution in [1.29, 1.82) is 0 Å². The standard InChI is InChI=1S/C19H27N3O/c1-6-18(16-11-9-8-10-12-16)22(7-2)19(23)13-17-14(3)20-21(5)15(17)4/h8-12,18H,6-7,13H2,1-5H3/t18-/m1/s1. The van der Waals surface area contributed by atoms with Gasteiger partial charge in [-0.15, -0.1) is 0 Å². The smallest absolute Gasteiger partial charge is 0.227 e. The van der Waals surface area contributed by atoms with Crippen LogP contribution in [0.15, 0.2) is 30.3 Å². The number of nitrogens with zero attached hydrogens (tertiary/aromatic N) is 3. The Kier molecular flexibility index (Phi) is 5.59. The number of aryl methyl sites for hydroxylation is 2. The molecule has 2 aromatic rings. The maximum Gasteiger partial charge on any atom is 0.227 e. The summed E-state index contributed by atoms with van der Waals surface area (Å²) >= 11 is 0. The average molecular weight is 313 g/mol. The van der Waals surface area contributed by atoms with Gasteiger partial charge >= 0.3 is 0 Å². The highest BCUT2D eigenvalue weighted by Gasteiger charge is 2.24. The quantitative estimate of drug-likeness (QED) is 0.817. The highest BCUT2D eigenvalue weighted by molar-refractivity contribution is 5.79. The molecule has 0 saturated carbocycles. The molecule has 124 valence electrons. The number of benzene rings is 1. The van der Waals surface area contributed by atoms with E-state index in [1.54, 1.807) is 0 Å². The molecular formula is C19H27N3O. The molecule has 0 aliphatic rings. The van der Waals surface area contributed by atoms with Crippen molar-refractivity contribution < 1.29 is 4.79 Å². The molecule has 2 rings (SSSR count). The highest BCUT2D eigenvalue weighted by atomic mass is 16.2. The molecule has 4 nitrogen and oxygen atoms in total. The lowest BCUT2D eigenvalue weighted by molar-refractivity contribution is -0.132. The fourth-order valence-corrected chi connectivity index (χ4v) is 3.21. The topological polar surface area (TPSA) is 38.1 Å². The first-order valence-electron chi connectivity index (χ1n) is 8.33. The molecule has 1 aromatic heterocycles. The molecule has 1 aromatic carbocycles. The van der Waals surface area contributed by atoms with E-state index >= 15 is 0 Å². The van der Waals surface area contributed by atoms with Gasteiger partial charge in [-0.2, -0.15) is 5.10 Å². The maximum absolute atomic E-state index is 12.9. The summed E-state index contributed by atoms with van der Waals surface area (Å²) in [6.07, 6.45) is 1.33. The Morgan fingerprint density at radius 1 is 1.22 bits per heavy atom. The summed E-state index contributed by atoms with van der Waals surface area (Å²) in [7, 11) is 1.92. The van der Waals surface area contributed by atoms with Crippen molar-refractivity contribution in [3.8, 4) is 0 Å². The molecule has 0 spiro atoms. The first kappa shape index (κ1) is 17.3. The molecule has 0 radical (unpaired) electrons. The minimum Gasteiger partial charge on any atom is -0.336 e. The summed E-state index contributed by atoms with van der Waals surface area (Å²) in [5.41, 5.74) is 4.27. The van der Waals surface area contributed by atoms with Crippen LogP contribution in [0.1, 0.15) is 48.8 Å². The second-order valence-corrected chi connectivity index (χ2v) is 5.96. The largest absolute Gasteiger partial charge is 0.336 e. The number of rotatable bonds is 6. The minimum absolute atomic E-state index is 0.131. The Labute approximate surface area is 139 Å². The van der Waals surface area contributed by atoms with E-state index in [4.69, 9.17) is 0 Å². The van der Waals surface area contributed by atoms with Crippen LogP contribution in [0.5, 0.6) is 0 Å². The minimum atomic E-state index is 0.131. The molecule has 0 aliphatic heterocycles. The molecule has 0 aliphatic carbocycles. The van der Waals surface area contributed by atoms with E-state index in [-0.39, 0.29) is 11.9 Å². The number of aromatic nitrogens is 2. The van der Waals surface area contributed by atoms with Gasteiger partial charge in [0.05, 0.1) is 18.2 Å². The zero-order valence-electron chi connectivity index (χ0n) is 14.8. The van der Waals surface area contributed by atoms with Gasteiger partial charge < -0.3 is 4.90 Å². The van der Waals surface area contributed by atoms with E-state index in [2.05, 4.69) is 24.2 Å². The van der Waals surface area contributed by atoms with Crippen LogP contribution >= 0.6 is 0 Å². The van der Waals surface area contributed by atoms with Crippen molar-refractivity contribution in [3.63, 3.8) is 0 Å². The number of amides is 1. The first-order valence-corrected chi connectivity index (χ1v) is 8.33. The van der Waals surface area contributed by atoms with E-state index in [1.165, 1.54) is 5.56 Å². The van der Waals surface area contributed by atoms with Crippen molar-refractivity contribution in [3.05, 3.63) is 52.8 Å². The molecular weight excluding hydrogens is 286 g/mol. The normalized spacial score (nSPS) is 12.2. The van der Waals surface area contributed by atoms with E-state index in [9.17, 15) is 4.79 Å². The summed E-state index contributed by atoms with van der Waals surface area (Å²) < 4.78 is 1.85. The predicted molar refractivity (Wildman–Crippen MR) is 93.2 cm³/mol. The van der Waals surface area contributed by atoms with E-state index < -0.39 is 0 Å². The summed E-state index contributed by atoms with van der Waals surface area (Å²) in [4.78, 5) is 14.9. The van der Waals surface area contributed by atoms with Crippen LogP contribution in [0.25, 0.3) is 0 Å². The van der Waals surface area contributed by atoms with Gasteiger partial charge in [0.25, 0.3) is 0 Å². The van der Waals surface area contributed by atoms with E-state index in [1.807, 2.05) is 55.6 Å². The Hall–Kier alpha value is -2.10. The molecule has 0 bridgehead atoms. The molecule has 0 saturated heterocycles. The van der Waals surface area contributed by atoms with E-state index in [0.717, 1.165) is 23.4 Å². The Bertz CT molecular complexity index is 661. The molecule has 0 unspecified atom stereocenters. The zero-order chi connectivity index (χ0) is 17.0. The molecule has 23 heavy (non-hydrogen) atoms. The van der Waals surface area contributed by atoms with Crippen molar-refractivity contribution in [2.24, 2.45) is 7.05 Å². The third-order valence-electron chi connectivity index (χ3n) is 4.60. The Morgan fingerprint density at radius 3 is 2.35 bits per heavy atom. The highest BCUT2D eigenvalue weighted by Crippen LogP contribution is 2.25. The molecule has 1 heterocycles. The maximum atomic E-state index is 12.9. The fourth-order valence-electron chi connectivity index (χ4n) is 3.21. The van der Waals surface area contributed by atoms with Gasteiger partial charge in [0.1, 0.15) is 0 Å². The van der Waals surface area contributed by atoms with Gasteiger partial charge in [0, 0.05) is 24.8 Å². The zero-order valence-corrected chi connectivity index (χ0v) is 14.8. The Balaban J connectivity index is 2.24. The molecule has 1 amide bonds. The lowest BCUT2D eigenvalue weighted by Crippen LogP contribution is -2.35. The second-order valence-electron chi connectivity index (χ2n) is 5.96. The number of hydrogen-bond acceptors (Lipinski definition) is 2. The Morgan fingerprint density at radius 2 is 1.87 bits per heavy atom. The second kappa shape index (κ2) is 7.44. The van der Waals surface area contributed by atoms with Gasteiger partial charge in [0.2, 0.25) is 5.91 Å². The van der Waals surface area contributed by atoms with Crippen molar-refractivity contribution in [2.45, 2.75) is 46.6 Å². The fraction of sp³-hybridized carbons (Fsp3) is 0.474. The summed E-state index contributed by atoms with van der Waals surface area (Å²) in [5, 5.41) is 4.42. The summed E-state index contributed by atoms with van der Waals surface area (Å²) in [5.74, 6) is 0.169. The van der Waals surface area contributed by atoms with Crippen molar-refractivity contribution in [2.75, 3.05) is 6.54 Å². The lowest BCUT2D eigenvalue weighted by Gasteiger charge is -2.31. The number of likely N-dealkylation sites (N-methyl/N-ethyl adjacent to an activating group) is 1. The molecule has 4 heteroatoms. The first-order chi connectivity index (χ1) is 11.0. The van der Waals surface area contributed by atoms with Crippen LogP contribution in [-0.2, 0) is 18.3 Å². The van der Waals surface area contributed by atoms with Crippen LogP contribution in [-0.4, -0.2) is 27.1 Å². The van der Waals surface area contributed by atoms with Crippen molar-refractivity contribution in [1.82, 2.24) is 14.7 Å². The van der Waals surface area contributed by atoms with Gasteiger partial charge in [-0.05, 0) is 32.8 Å². The number of carbonyl (C=O) groups is 1. The predicted octanol–water partition coefficient (Wildman–Crippen LogP) is 3.58. The van der Waals surface area contributed by atoms with Gasteiger partial charge in [-0.1, -0.05) is 37.3 Å². The molecule has 1 atom stereocenters. The third kappa shape index (κ3) is 3.63. The molecule has 0 fully saturated rings. The SMILES string of the molecule is CC[C@H](c1ccccc1)N(CC)C(=O)Cc1c(C)nn(C)c1C. The van der Waals surface area contributed by atoms with Crippen LogP contribution in [0.3, 0.4) is 0 Å². The summed E-state index contributed by atoms with van der Waals surface area (Å²) in [6, 6.07) is 10.4. The van der Waals surface area contributed by atoms with Crippen LogP contribution < -0.4 is 0 Å². The molecule has 0 N–H and O–H groups in total.